The van der Waals surface area contributed by atoms with Gasteiger partial charge >= 0.3 is 0 Å². The monoisotopic (exact) mass is 405 g/mol. The van der Waals surface area contributed by atoms with E-state index in [0.717, 1.165) is 19.5 Å². The molecule has 2 N–H and O–H groups in total. The van der Waals surface area contributed by atoms with Gasteiger partial charge in [0.1, 0.15) is 16.8 Å². The van der Waals surface area contributed by atoms with Crippen molar-refractivity contribution in [3.8, 4) is 0 Å². The van der Waals surface area contributed by atoms with Gasteiger partial charge in [-0.1, -0.05) is 36.4 Å². The smallest absolute Gasteiger partial charge is 0.250 e. The molecule has 2 atom stereocenters. The molecule has 0 spiro atoms. The number of quaternary nitrogens is 1. The molecule has 1 aromatic carbocycles. The predicted octanol–water partition coefficient (Wildman–Crippen LogP) is 2.47. The lowest BCUT2D eigenvalue weighted by atomic mass is 9.98. The second kappa shape index (κ2) is 7.62. The third-order valence-electron chi connectivity index (χ3n) is 4.87. The number of hydrogen-bond acceptors (Lipinski definition) is 4. The number of fused-ring (bicyclic) bond motifs is 1. The average molecular weight is 406 g/mol. The number of nitrogens with one attached hydrogen (secondary N) is 2. The van der Waals surface area contributed by atoms with Crippen LogP contribution in [0.1, 0.15) is 22.0 Å². The third-order valence-corrected chi connectivity index (χ3v) is 8.68. The maximum absolute atomic E-state index is 12.5. The molecular weight excluding hydrogens is 384 g/mol. The molecule has 3 heterocycles. The van der Waals surface area contributed by atoms with Crippen molar-refractivity contribution in [2.75, 3.05) is 13.1 Å². The zero-order valence-corrected chi connectivity index (χ0v) is 16.7. The van der Waals surface area contributed by atoms with Crippen molar-refractivity contribution in [3.63, 3.8) is 0 Å². The quantitative estimate of drug-likeness (QED) is 0.662. The summed E-state index contributed by atoms with van der Waals surface area (Å²) in [7, 11) is -3.44. The lowest BCUT2D eigenvalue weighted by Gasteiger charge is -2.32. The van der Waals surface area contributed by atoms with Crippen molar-refractivity contribution in [3.05, 3.63) is 75.3 Å². The summed E-state index contributed by atoms with van der Waals surface area (Å²) >= 11 is 2.95. The summed E-state index contributed by atoms with van der Waals surface area (Å²) in [6.07, 6.45) is 1.03. The Morgan fingerprint density at radius 2 is 1.77 bits per heavy atom. The molecule has 0 amide bonds. The molecule has 3 aromatic rings. The average Bonchev–Trinajstić information content (AvgIpc) is 3.36. The second-order valence-corrected chi connectivity index (χ2v) is 10.4. The van der Waals surface area contributed by atoms with Crippen LogP contribution in [0.4, 0.5) is 0 Å². The van der Waals surface area contributed by atoms with Crippen LogP contribution in [0.15, 0.2) is 63.5 Å². The van der Waals surface area contributed by atoms with E-state index in [0.29, 0.717) is 10.8 Å². The first-order valence-electron chi connectivity index (χ1n) is 8.61. The molecule has 0 radical (unpaired) electrons. The molecule has 136 valence electrons. The van der Waals surface area contributed by atoms with E-state index in [1.807, 2.05) is 6.07 Å². The van der Waals surface area contributed by atoms with Crippen LogP contribution in [0, 0.1) is 0 Å². The summed E-state index contributed by atoms with van der Waals surface area (Å²) in [5.41, 5.74) is 2.79. The summed E-state index contributed by atoms with van der Waals surface area (Å²) in [6, 6.07) is 16.3. The normalized spacial score (nSPS) is 18.4. The van der Waals surface area contributed by atoms with Crippen LogP contribution in [0.2, 0.25) is 0 Å². The number of benzene rings is 1. The minimum atomic E-state index is -3.44. The van der Waals surface area contributed by atoms with Gasteiger partial charge in [0.15, 0.2) is 0 Å². The van der Waals surface area contributed by atoms with E-state index in [-0.39, 0.29) is 6.04 Å². The minimum Gasteiger partial charge on any atom is -0.323 e. The van der Waals surface area contributed by atoms with Gasteiger partial charge < -0.3 is 4.90 Å². The van der Waals surface area contributed by atoms with Crippen molar-refractivity contribution in [1.82, 2.24) is 4.72 Å². The van der Waals surface area contributed by atoms with Crippen LogP contribution in [0.5, 0.6) is 0 Å². The Balaban J connectivity index is 1.55. The summed E-state index contributed by atoms with van der Waals surface area (Å²) in [5, 5.41) is 3.85. The summed E-state index contributed by atoms with van der Waals surface area (Å²) in [4.78, 5) is 2.65. The maximum atomic E-state index is 12.5. The standard InChI is InChI=1S/C19H20N2O2S3/c22-26(23,19-8-4-12-25-19)20-13-17(18-7-3-11-24-18)21-10-9-15-5-1-2-6-16(15)14-21/h1-8,11-12,17,20H,9-10,13-14H2/p+1/t17-/m0/s1. The van der Waals surface area contributed by atoms with E-state index in [1.165, 1.54) is 32.2 Å². The number of thiophene rings is 2. The fraction of sp³-hybridized carbons (Fsp3) is 0.263. The fourth-order valence-corrected chi connectivity index (χ4v) is 6.49. The molecule has 2 aromatic heterocycles. The van der Waals surface area contributed by atoms with Gasteiger partial charge in [-0.3, -0.25) is 0 Å². The number of sulfonamides is 1. The molecule has 0 saturated carbocycles. The predicted molar refractivity (Wildman–Crippen MR) is 106 cm³/mol. The third kappa shape index (κ3) is 3.77. The van der Waals surface area contributed by atoms with E-state index in [9.17, 15) is 8.42 Å². The van der Waals surface area contributed by atoms with Gasteiger partial charge in [-0.25, -0.2) is 13.1 Å². The van der Waals surface area contributed by atoms with Crippen LogP contribution in [-0.4, -0.2) is 21.5 Å². The largest absolute Gasteiger partial charge is 0.323 e. The van der Waals surface area contributed by atoms with Crippen LogP contribution < -0.4 is 9.62 Å². The van der Waals surface area contributed by atoms with Crippen LogP contribution in [-0.2, 0) is 23.0 Å². The van der Waals surface area contributed by atoms with Crippen LogP contribution in [0.3, 0.4) is 0 Å². The fourth-order valence-electron chi connectivity index (χ4n) is 3.52. The highest BCUT2D eigenvalue weighted by Crippen LogP contribution is 2.20. The number of hydrogen-bond donors (Lipinski definition) is 2. The Hall–Kier alpha value is -1.51. The first kappa shape index (κ1) is 17.9. The molecule has 26 heavy (non-hydrogen) atoms. The van der Waals surface area contributed by atoms with Crippen molar-refractivity contribution in [2.45, 2.75) is 23.2 Å². The molecular formula is C19H21N2O2S3+. The highest BCUT2D eigenvalue weighted by atomic mass is 32.2. The Labute approximate surface area is 162 Å². The van der Waals surface area contributed by atoms with Crippen LogP contribution >= 0.6 is 22.7 Å². The molecule has 0 bridgehead atoms. The summed E-state index contributed by atoms with van der Waals surface area (Å²) in [5.74, 6) is 0. The summed E-state index contributed by atoms with van der Waals surface area (Å²) in [6.45, 7) is 2.36. The number of rotatable bonds is 6. The zero-order chi connectivity index (χ0) is 18.0. The highest BCUT2D eigenvalue weighted by molar-refractivity contribution is 7.91. The summed E-state index contributed by atoms with van der Waals surface area (Å²) < 4.78 is 28.3. The van der Waals surface area contributed by atoms with E-state index >= 15 is 0 Å². The zero-order valence-electron chi connectivity index (χ0n) is 14.2. The Morgan fingerprint density at radius 3 is 2.50 bits per heavy atom. The SMILES string of the molecule is O=S(=O)(NC[C@@H](c1cccs1)[NH+]1CCc2ccccc2C1)c1cccs1. The van der Waals surface area contributed by atoms with E-state index in [4.69, 9.17) is 0 Å². The van der Waals surface area contributed by atoms with Gasteiger partial charge in [0.25, 0.3) is 0 Å². The maximum Gasteiger partial charge on any atom is 0.250 e. The molecule has 4 rings (SSSR count). The van der Waals surface area contributed by atoms with Gasteiger partial charge in [0, 0.05) is 12.0 Å². The molecule has 1 aliphatic rings. The first-order chi connectivity index (χ1) is 12.6. The van der Waals surface area contributed by atoms with Gasteiger partial charge in [-0.15, -0.1) is 22.7 Å². The molecule has 0 aliphatic carbocycles. The Kier molecular flexibility index (Phi) is 5.24. The molecule has 0 saturated heterocycles. The van der Waals surface area contributed by atoms with Crippen molar-refractivity contribution < 1.29 is 13.3 Å². The Bertz CT molecular complexity index is 951. The minimum absolute atomic E-state index is 0.123. The topological polar surface area (TPSA) is 50.6 Å². The van der Waals surface area contributed by atoms with Gasteiger partial charge in [0.2, 0.25) is 10.0 Å². The molecule has 1 aliphatic heterocycles. The van der Waals surface area contributed by atoms with Gasteiger partial charge in [-0.05, 0) is 28.5 Å². The molecule has 0 fully saturated rings. The van der Waals surface area contributed by atoms with Gasteiger partial charge in [0.05, 0.1) is 18.0 Å². The first-order valence-corrected chi connectivity index (χ1v) is 11.9. The highest BCUT2D eigenvalue weighted by Gasteiger charge is 2.30. The van der Waals surface area contributed by atoms with Gasteiger partial charge in [-0.2, -0.15) is 0 Å². The van der Waals surface area contributed by atoms with E-state index in [1.54, 1.807) is 28.8 Å². The second-order valence-electron chi connectivity index (χ2n) is 6.46. The molecule has 1 unspecified atom stereocenters. The molecule has 7 heteroatoms. The molecule has 4 nitrogen and oxygen atoms in total. The van der Waals surface area contributed by atoms with E-state index < -0.39 is 10.0 Å². The van der Waals surface area contributed by atoms with E-state index in [2.05, 4.69) is 40.4 Å². The van der Waals surface area contributed by atoms with Crippen molar-refractivity contribution in [1.29, 1.82) is 0 Å². The van der Waals surface area contributed by atoms with Crippen molar-refractivity contribution in [2.24, 2.45) is 0 Å². The lowest BCUT2D eigenvalue weighted by Crippen LogP contribution is -3.12. The van der Waals surface area contributed by atoms with Crippen molar-refractivity contribution >= 4 is 32.7 Å². The Morgan fingerprint density at radius 1 is 1.00 bits per heavy atom. The lowest BCUT2D eigenvalue weighted by molar-refractivity contribution is -0.945. The van der Waals surface area contributed by atoms with Crippen LogP contribution in [0.25, 0.3) is 0 Å².